The SMILES string of the molecule is Cn1ncc(N2CCCC(N)C2)c(Cl)c1=O. The van der Waals surface area contributed by atoms with Crippen LogP contribution in [-0.4, -0.2) is 28.9 Å². The van der Waals surface area contributed by atoms with Crippen LogP contribution in [0, 0.1) is 0 Å². The lowest BCUT2D eigenvalue weighted by Crippen LogP contribution is -2.43. The molecule has 1 unspecified atom stereocenters. The maximum absolute atomic E-state index is 11.6. The van der Waals surface area contributed by atoms with Crippen molar-refractivity contribution < 1.29 is 0 Å². The van der Waals surface area contributed by atoms with Gasteiger partial charge in [0.1, 0.15) is 5.02 Å². The predicted molar refractivity (Wildman–Crippen MR) is 63.9 cm³/mol. The second-order valence-electron chi connectivity index (χ2n) is 4.12. The number of piperidine rings is 1. The van der Waals surface area contributed by atoms with Crippen LogP contribution < -0.4 is 16.2 Å². The highest BCUT2D eigenvalue weighted by Gasteiger charge is 2.20. The van der Waals surface area contributed by atoms with Crippen molar-refractivity contribution in [1.29, 1.82) is 0 Å². The molecule has 0 spiro atoms. The molecule has 1 saturated heterocycles. The topological polar surface area (TPSA) is 64.2 Å². The second-order valence-corrected chi connectivity index (χ2v) is 4.50. The largest absolute Gasteiger partial charge is 0.367 e. The van der Waals surface area contributed by atoms with Gasteiger partial charge in [-0.15, -0.1) is 0 Å². The number of aryl methyl sites for hydroxylation is 1. The molecule has 88 valence electrons. The van der Waals surface area contributed by atoms with E-state index in [1.807, 2.05) is 4.90 Å². The molecule has 1 aliphatic rings. The van der Waals surface area contributed by atoms with E-state index in [2.05, 4.69) is 5.10 Å². The lowest BCUT2D eigenvalue weighted by atomic mass is 10.1. The van der Waals surface area contributed by atoms with Gasteiger partial charge in [0.25, 0.3) is 5.56 Å². The molecule has 16 heavy (non-hydrogen) atoms. The monoisotopic (exact) mass is 242 g/mol. The molecule has 1 aromatic heterocycles. The van der Waals surface area contributed by atoms with Gasteiger partial charge >= 0.3 is 0 Å². The summed E-state index contributed by atoms with van der Waals surface area (Å²) in [5, 5.41) is 4.21. The van der Waals surface area contributed by atoms with Gasteiger partial charge in [0, 0.05) is 26.2 Å². The Morgan fingerprint density at radius 1 is 1.62 bits per heavy atom. The number of nitrogens with two attached hydrogens (primary N) is 1. The Kier molecular flexibility index (Phi) is 3.16. The first-order valence-electron chi connectivity index (χ1n) is 5.32. The Morgan fingerprint density at radius 2 is 2.38 bits per heavy atom. The first-order chi connectivity index (χ1) is 7.59. The minimum absolute atomic E-state index is 0.147. The molecule has 1 aliphatic heterocycles. The molecular weight excluding hydrogens is 228 g/mol. The van der Waals surface area contributed by atoms with Crippen molar-refractivity contribution in [3.05, 3.63) is 21.6 Å². The normalized spacial score (nSPS) is 21.2. The van der Waals surface area contributed by atoms with Gasteiger partial charge in [-0.25, -0.2) is 4.68 Å². The van der Waals surface area contributed by atoms with Crippen LogP contribution in [-0.2, 0) is 7.05 Å². The summed E-state index contributed by atoms with van der Waals surface area (Å²) in [6.07, 6.45) is 3.67. The fraction of sp³-hybridized carbons (Fsp3) is 0.600. The molecule has 2 N–H and O–H groups in total. The second kappa shape index (κ2) is 4.43. The Hall–Kier alpha value is -1.07. The first kappa shape index (κ1) is 11.4. The van der Waals surface area contributed by atoms with Crippen LogP contribution in [0.15, 0.2) is 11.0 Å². The molecule has 5 nitrogen and oxygen atoms in total. The fourth-order valence-corrected chi connectivity index (χ4v) is 2.24. The molecule has 1 atom stereocenters. The third-order valence-corrected chi connectivity index (χ3v) is 3.21. The van der Waals surface area contributed by atoms with E-state index in [1.165, 1.54) is 4.68 Å². The first-order valence-corrected chi connectivity index (χ1v) is 5.69. The van der Waals surface area contributed by atoms with E-state index in [4.69, 9.17) is 17.3 Å². The van der Waals surface area contributed by atoms with Crippen molar-refractivity contribution in [3.8, 4) is 0 Å². The Morgan fingerprint density at radius 3 is 3.06 bits per heavy atom. The van der Waals surface area contributed by atoms with Crippen LogP contribution in [0.1, 0.15) is 12.8 Å². The molecule has 0 amide bonds. The van der Waals surface area contributed by atoms with Gasteiger partial charge in [-0.3, -0.25) is 4.79 Å². The fourth-order valence-electron chi connectivity index (χ4n) is 1.95. The highest BCUT2D eigenvalue weighted by molar-refractivity contribution is 6.33. The standard InChI is InChI=1S/C10H15ClN4O/c1-14-10(16)9(11)8(5-13-14)15-4-2-3-7(12)6-15/h5,7H,2-4,6,12H2,1H3. The molecule has 6 heteroatoms. The van der Waals surface area contributed by atoms with E-state index < -0.39 is 0 Å². The lowest BCUT2D eigenvalue weighted by Gasteiger charge is -2.32. The van der Waals surface area contributed by atoms with Gasteiger partial charge in [-0.2, -0.15) is 5.10 Å². The molecule has 1 fully saturated rings. The summed E-state index contributed by atoms with van der Waals surface area (Å²) in [5.41, 5.74) is 6.32. The van der Waals surface area contributed by atoms with Gasteiger partial charge in [-0.1, -0.05) is 11.6 Å². The van der Waals surface area contributed by atoms with Crippen LogP contribution in [0.4, 0.5) is 5.69 Å². The van der Waals surface area contributed by atoms with E-state index in [0.717, 1.165) is 25.9 Å². The molecule has 2 heterocycles. The number of anilines is 1. The summed E-state index contributed by atoms with van der Waals surface area (Å²) < 4.78 is 1.23. The average Bonchev–Trinajstić information content (AvgIpc) is 2.26. The molecule has 0 radical (unpaired) electrons. The Balaban J connectivity index is 2.33. The van der Waals surface area contributed by atoms with Gasteiger partial charge in [0.2, 0.25) is 0 Å². The molecule has 0 aromatic carbocycles. The van der Waals surface area contributed by atoms with Crippen LogP contribution in [0.25, 0.3) is 0 Å². The zero-order valence-electron chi connectivity index (χ0n) is 9.19. The maximum Gasteiger partial charge on any atom is 0.287 e. The Labute approximate surface area is 98.8 Å². The highest BCUT2D eigenvalue weighted by atomic mass is 35.5. The van der Waals surface area contributed by atoms with E-state index in [1.54, 1.807) is 13.2 Å². The number of nitrogens with zero attached hydrogens (tertiary/aromatic N) is 3. The summed E-state index contributed by atoms with van der Waals surface area (Å²) in [5.74, 6) is 0. The van der Waals surface area contributed by atoms with E-state index in [-0.39, 0.29) is 16.6 Å². The van der Waals surface area contributed by atoms with Gasteiger partial charge in [0.15, 0.2) is 0 Å². The average molecular weight is 243 g/mol. The van der Waals surface area contributed by atoms with E-state index >= 15 is 0 Å². The smallest absolute Gasteiger partial charge is 0.287 e. The zero-order chi connectivity index (χ0) is 11.7. The van der Waals surface area contributed by atoms with Crippen molar-refractivity contribution in [2.45, 2.75) is 18.9 Å². The van der Waals surface area contributed by atoms with Crippen molar-refractivity contribution in [2.75, 3.05) is 18.0 Å². The number of aromatic nitrogens is 2. The molecule has 0 aliphatic carbocycles. The zero-order valence-corrected chi connectivity index (χ0v) is 9.94. The van der Waals surface area contributed by atoms with E-state index in [0.29, 0.717) is 5.69 Å². The summed E-state index contributed by atoms with van der Waals surface area (Å²) in [6.45, 7) is 1.61. The van der Waals surface area contributed by atoms with Crippen LogP contribution >= 0.6 is 11.6 Å². The van der Waals surface area contributed by atoms with Gasteiger partial charge in [-0.05, 0) is 12.8 Å². The summed E-state index contributed by atoms with van der Waals surface area (Å²) in [4.78, 5) is 13.7. The third-order valence-electron chi connectivity index (χ3n) is 2.86. The quantitative estimate of drug-likeness (QED) is 0.773. The number of halogens is 1. The molecule has 0 saturated carbocycles. The Bertz CT molecular complexity index is 445. The van der Waals surface area contributed by atoms with E-state index in [9.17, 15) is 4.79 Å². The summed E-state index contributed by atoms with van der Waals surface area (Å²) in [7, 11) is 1.58. The third kappa shape index (κ3) is 2.05. The highest BCUT2D eigenvalue weighted by Crippen LogP contribution is 2.23. The minimum atomic E-state index is -0.265. The molecule has 1 aromatic rings. The van der Waals surface area contributed by atoms with Crippen LogP contribution in [0.3, 0.4) is 0 Å². The number of rotatable bonds is 1. The van der Waals surface area contributed by atoms with Crippen molar-refractivity contribution in [1.82, 2.24) is 9.78 Å². The van der Waals surface area contributed by atoms with Crippen molar-refractivity contribution in [3.63, 3.8) is 0 Å². The van der Waals surface area contributed by atoms with Gasteiger partial charge in [0.05, 0.1) is 11.9 Å². The molecule has 2 rings (SSSR count). The van der Waals surface area contributed by atoms with Crippen molar-refractivity contribution in [2.24, 2.45) is 12.8 Å². The summed E-state index contributed by atoms with van der Waals surface area (Å²) >= 11 is 6.02. The predicted octanol–water partition coefficient (Wildman–Crippen LogP) is 0.361. The molecular formula is C10H15ClN4O. The van der Waals surface area contributed by atoms with Gasteiger partial charge < -0.3 is 10.6 Å². The number of hydrogen-bond donors (Lipinski definition) is 1. The van der Waals surface area contributed by atoms with Crippen molar-refractivity contribution >= 4 is 17.3 Å². The molecule has 0 bridgehead atoms. The maximum atomic E-state index is 11.6. The van der Waals surface area contributed by atoms with Crippen LogP contribution in [0.5, 0.6) is 0 Å². The lowest BCUT2D eigenvalue weighted by molar-refractivity contribution is 0.504. The number of hydrogen-bond acceptors (Lipinski definition) is 4. The van der Waals surface area contributed by atoms with Crippen LogP contribution in [0.2, 0.25) is 5.02 Å². The minimum Gasteiger partial charge on any atom is -0.367 e. The summed E-state index contributed by atoms with van der Waals surface area (Å²) in [6, 6.07) is 0.147.